The van der Waals surface area contributed by atoms with Crippen LogP contribution in [0.25, 0.3) is 0 Å². The smallest absolute Gasteiger partial charge is 0.230 e. The minimum atomic E-state index is -0.189. The van der Waals surface area contributed by atoms with Gasteiger partial charge in [-0.15, -0.1) is 0 Å². The molecule has 2 heterocycles. The third-order valence-corrected chi connectivity index (χ3v) is 2.94. The molecule has 90 valence electrons. The van der Waals surface area contributed by atoms with Gasteiger partial charge in [0.25, 0.3) is 0 Å². The zero-order valence-electron chi connectivity index (χ0n) is 9.98. The number of rotatable bonds is 3. The molecular formula is C13H16N2O2. The average Bonchev–Trinajstić information content (AvgIpc) is 2.82. The molecule has 1 aromatic rings. The maximum absolute atomic E-state index is 11.9. The summed E-state index contributed by atoms with van der Waals surface area (Å²) < 4.78 is 0. The Kier molecular flexibility index (Phi) is 3.52. The number of ketones is 1. The number of Topliss-reactive ketones (excluding diaryl/α,β-unsaturated/α-hetero) is 1. The Hall–Kier alpha value is -1.71. The maximum atomic E-state index is 11.9. The molecule has 0 unspecified atom stereocenters. The van der Waals surface area contributed by atoms with Gasteiger partial charge in [-0.2, -0.15) is 0 Å². The van der Waals surface area contributed by atoms with Crippen LogP contribution in [0.1, 0.15) is 35.4 Å². The molecule has 1 amide bonds. The number of carbonyl (C=O) groups is 2. The van der Waals surface area contributed by atoms with Gasteiger partial charge in [-0.25, -0.2) is 0 Å². The molecule has 0 saturated carbocycles. The van der Waals surface area contributed by atoms with Crippen molar-refractivity contribution in [2.45, 2.75) is 26.2 Å². The summed E-state index contributed by atoms with van der Waals surface area (Å²) in [5.74, 6) is -0.263. The number of likely N-dealkylation sites (tertiary alicyclic amines) is 1. The highest BCUT2D eigenvalue weighted by atomic mass is 16.2. The molecular weight excluding hydrogens is 216 g/mol. The van der Waals surface area contributed by atoms with E-state index in [1.807, 2.05) is 13.0 Å². The largest absolute Gasteiger partial charge is 0.342 e. The van der Waals surface area contributed by atoms with Crippen molar-refractivity contribution in [2.75, 3.05) is 13.1 Å². The van der Waals surface area contributed by atoms with Gasteiger partial charge in [-0.05, 0) is 31.9 Å². The molecule has 4 nitrogen and oxygen atoms in total. The lowest BCUT2D eigenvalue weighted by molar-refractivity contribution is -0.129. The number of carbonyl (C=O) groups excluding carboxylic acids is 2. The molecule has 0 N–H and O–H groups in total. The van der Waals surface area contributed by atoms with Crippen molar-refractivity contribution < 1.29 is 9.59 Å². The van der Waals surface area contributed by atoms with Gasteiger partial charge in [0, 0.05) is 18.8 Å². The number of nitrogens with zero attached hydrogens (tertiary/aromatic N) is 2. The zero-order valence-corrected chi connectivity index (χ0v) is 9.98. The summed E-state index contributed by atoms with van der Waals surface area (Å²) in [5.41, 5.74) is 1.18. The van der Waals surface area contributed by atoms with Gasteiger partial charge < -0.3 is 4.90 Å². The minimum absolute atomic E-state index is 0.0591. The van der Waals surface area contributed by atoms with Crippen LogP contribution < -0.4 is 0 Å². The van der Waals surface area contributed by atoms with Crippen LogP contribution in [0.15, 0.2) is 18.2 Å². The van der Waals surface area contributed by atoms with E-state index in [1.54, 1.807) is 17.0 Å². The molecule has 0 aromatic carbocycles. The fourth-order valence-electron chi connectivity index (χ4n) is 2.00. The van der Waals surface area contributed by atoms with Crippen LogP contribution in [-0.2, 0) is 4.79 Å². The zero-order chi connectivity index (χ0) is 12.3. The van der Waals surface area contributed by atoms with Gasteiger partial charge in [0.2, 0.25) is 5.91 Å². The van der Waals surface area contributed by atoms with Gasteiger partial charge in [-0.1, -0.05) is 6.07 Å². The Labute approximate surface area is 101 Å². The van der Waals surface area contributed by atoms with E-state index >= 15 is 0 Å². The highest BCUT2D eigenvalue weighted by Crippen LogP contribution is 2.10. The normalized spacial score (nSPS) is 15.0. The molecule has 0 spiro atoms. The number of hydrogen-bond donors (Lipinski definition) is 0. The lowest BCUT2D eigenvalue weighted by Gasteiger charge is -2.14. The summed E-state index contributed by atoms with van der Waals surface area (Å²) in [5, 5.41) is 0. The summed E-state index contributed by atoms with van der Waals surface area (Å²) >= 11 is 0. The van der Waals surface area contributed by atoms with Gasteiger partial charge in [0.15, 0.2) is 5.78 Å². The molecule has 0 atom stereocenters. The highest BCUT2D eigenvalue weighted by molar-refractivity contribution is 6.06. The standard InChI is InChI=1S/C13H16N2O2/c1-10-5-4-6-11(14-10)12(16)9-13(17)15-7-2-3-8-15/h4-6H,2-3,7-9H2,1H3. The maximum Gasteiger partial charge on any atom is 0.230 e. The van der Waals surface area contributed by atoms with E-state index in [4.69, 9.17) is 0 Å². The van der Waals surface area contributed by atoms with Gasteiger partial charge in [0.1, 0.15) is 5.69 Å². The molecule has 0 radical (unpaired) electrons. The van der Waals surface area contributed by atoms with E-state index in [0.717, 1.165) is 31.6 Å². The number of amides is 1. The number of aromatic nitrogens is 1. The topological polar surface area (TPSA) is 50.3 Å². The van der Waals surface area contributed by atoms with E-state index in [9.17, 15) is 9.59 Å². The molecule has 17 heavy (non-hydrogen) atoms. The Bertz CT molecular complexity index is 437. The SMILES string of the molecule is Cc1cccc(C(=O)CC(=O)N2CCCC2)n1. The fourth-order valence-corrected chi connectivity index (χ4v) is 2.00. The first-order valence-corrected chi connectivity index (χ1v) is 5.91. The molecule has 1 aromatic heterocycles. The summed E-state index contributed by atoms with van der Waals surface area (Å²) in [7, 11) is 0. The first-order valence-electron chi connectivity index (χ1n) is 5.91. The predicted octanol–water partition coefficient (Wildman–Crippen LogP) is 1.59. The number of hydrogen-bond acceptors (Lipinski definition) is 3. The predicted molar refractivity (Wildman–Crippen MR) is 63.7 cm³/mol. The summed E-state index contributed by atoms with van der Waals surface area (Å²) in [6.45, 7) is 3.40. The van der Waals surface area contributed by atoms with Crippen LogP contribution in [0.2, 0.25) is 0 Å². The van der Waals surface area contributed by atoms with Crippen molar-refractivity contribution in [3.8, 4) is 0 Å². The highest BCUT2D eigenvalue weighted by Gasteiger charge is 2.21. The number of pyridine rings is 1. The molecule has 4 heteroatoms. The van der Waals surface area contributed by atoms with Crippen molar-refractivity contribution in [3.63, 3.8) is 0 Å². The van der Waals surface area contributed by atoms with Crippen molar-refractivity contribution in [2.24, 2.45) is 0 Å². The van der Waals surface area contributed by atoms with Crippen molar-refractivity contribution in [1.82, 2.24) is 9.88 Å². The van der Waals surface area contributed by atoms with Crippen LogP contribution in [0, 0.1) is 6.92 Å². The van der Waals surface area contributed by atoms with Crippen LogP contribution in [0.3, 0.4) is 0 Å². The van der Waals surface area contributed by atoms with Crippen LogP contribution in [0.4, 0.5) is 0 Å². The third kappa shape index (κ3) is 2.90. The Morgan fingerprint density at radius 2 is 2.00 bits per heavy atom. The van der Waals surface area contributed by atoms with Crippen LogP contribution in [-0.4, -0.2) is 34.7 Å². The van der Waals surface area contributed by atoms with E-state index in [1.165, 1.54) is 0 Å². The van der Waals surface area contributed by atoms with Crippen molar-refractivity contribution in [3.05, 3.63) is 29.6 Å². The molecule has 0 bridgehead atoms. The second-order valence-electron chi connectivity index (χ2n) is 4.35. The minimum Gasteiger partial charge on any atom is -0.342 e. The van der Waals surface area contributed by atoms with E-state index in [2.05, 4.69) is 4.98 Å². The molecule has 1 aliphatic heterocycles. The quantitative estimate of drug-likeness (QED) is 0.587. The Morgan fingerprint density at radius 1 is 1.29 bits per heavy atom. The summed E-state index contributed by atoms with van der Waals surface area (Å²) in [6, 6.07) is 5.28. The van der Waals surface area contributed by atoms with Crippen LogP contribution >= 0.6 is 0 Å². The van der Waals surface area contributed by atoms with E-state index in [-0.39, 0.29) is 18.1 Å². The molecule has 0 aliphatic carbocycles. The Balaban J connectivity index is 1.99. The first kappa shape index (κ1) is 11.8. The van der Waals surface area contributed by atoms with E-state index < -0.39 is 0 Å². The molecule has 1 fully saturated rings. The summed E-state index contributed by atoms with van der Waals surface area (Å²) in [6.07, 6.45) is 2.03. The lowest BCUT2D eigenvalue weighted by Crippen LogP contribution is -2.29. The van der Waals surface area contributed by atoms with Gasteiger partial charge >= 0.3 is 0 Å². The lowest BCUT2D eigenvalue weighted by atomic mass is 10.1. The monoisotopic (exact) mass is 232 g/mol. The van der Waals surface area contributed by atoms with Gasteiger partial charge in [0.05, 0.1) is 6.42 Å². The second kappa shape index (κ2) is 5.08. The first-order chi connectivity index (χ1) is 8.16. The third-order valence-electron chi connectivity index (χ3n) is 2.94. The fraction of sp³-hybridized carbons (Fsp3) is 0.462. The average molecular weight is 232 g/mol. The van der Waals surface area contributed by atoms with Gasteiger partial charge in [-0.3, -0.25) is 14.6 Å². The molecule has 1 saturated heterocycles. The van der Waals surface area contributed by atoms with Crippen LogP contribution in [0.5, 0.6) is 0 Å². The van der Waals surface area contributed by atoms with Crippen molar-refractivity contribution in [1.29, 1.82) is 0 Å². The second-order valence-corrected chi connectivity index (χ2v) is 4.35. The summed E-state index contributed by atoms with van der Waals surface area (Å²) in [4.78, 5) is 29.5. The van der Waals surface area contributed by atoms with E-state index in [0.29, 0.717) is 5.69 Å². The molecule has 1 aliphatic rings. The molecule has 2 rings (SSSR count). The van der Waals surface area contributed by atoms with Crippen molar-refractivity contribution >= 4 is 11.7 Å². The Morgan fingerprint density at radius 3 is 2.65 bits per heavy atom. The number of aryl methyl sites for hydroxylation is 1.